The fraction of sp³-hybridized carbons (Fsp3) is 0.333. The minimum Gasteiger partial charge on any atom is -0.486 e. The second kappa shape index (κ2) is 9.97. The molecule has 0 fully saturated rings. The molecule has 1 amide bonds. The van der Waals surface area contributed by atoms with Crippen molar-refractivity contribution in [3.8, 4) is 5.75 Å². The van der Waals surface area contributed by atoms with Crippen molar-refractivity contribution in [3.05, 3.63) is 58.0 Å². The van der Waals surface area contributed by atoms with Gasteiger partial charge in [-0.25, -0.2) is 9.66 Å². The number of nitrogen functional groups attached to an aromatic ring is 1. The van der Waals surface area contributed by atoms with Gasteiger partial charge in [0.25, 0.3) is 0 Å². The van der Waals surface area contributed by atoms with Crippen LogP contribution in [0, 0.1) is 0 Å². The molecule has 0 bridgehead atoms. The molecule has 3 rings (SSSR count). The molecule has 2 aromatic heterocycles. The minimum absolute atomic E-state index is 0.0695. The van der Waals surface area contributed by atoms with Crippen molar-refractivity contribution in [2.24, 2.45) is 0 Å². The topological polar surface area (TPSA) is 108 Å². The van der Waals surface area contributed by atoms with Crippen LogP contribution in [0.5, 0.6) is 5.75 Å². The standard InChI is InChI=1S/C21H24Cl2N6O2S/c1-12(19(30)26-18-16(23)9-14(22)10-25-18)32-20-28-27-17(29(20)24)11-31-15-7-5-13(6-8-15)21(2,3)4/h5-10,12H,11,24H2,1-4H3,(H,25,26,30)/t12-/m0/s1. The van der Waals surface area contributed by atoms with Gasteiger partial charge in [0, 0.05) is 6.20 Å². The summed E-state index contributed by atoms with van der Waals surface area (Å²) in [5, 5.41) is 11.3. The number of halogens is 2. The maximum Gasteiger partial charge on any atom is 0.238 e. The van der Waals surface area contributed by atoms with E-state index in [-0.39, 0.29) is 28.8 Å². The molecule has 0 aliphatic heterocycles. The average Bonchev–Trinajstić information content (AvgIpc) is 3.07. The van der Waals surface area contributed by atoms with E-state index in [1.165, 1.54) is 22.5 Å². The molecular weight excluding hydrogens is 471 g/mol. The Morgan fingerprint density at radius 2 is 1.94 bits per heavy atom. The van der Waals surface area contributed by atoms with E-state index in [1.54, 1.807) is 6.92 Å². The van der Waals surface area contributed by atoms with E-state index >= 15 is 0 Å². The van der Waals surface area contributed by atoms with Gasteiger partial charge in [-0.15, -0.1) is 10.2 Å². The molecule has 8 nitrogen and oxygen atoms in total. The predicted octanol–water partition coefficient (Wildman–Crippen LogP) is 4.69. The third-order valence-electron chi connectivity index (χ3n) is 4.52. The van der Waals surface area contributed by atoms with Crippen LogP contribution in [-0.2, 0) is 16.8 Å². The van der Waals surface area contributed by atoms with E-state index in [1.807, 2.05) is 24.3 Å². The summed E-state index contributed by atoms with van der Waals surface area (Å²) >= 11 is 13.0. The quantitative estimate of drug-likeness (QED) is 0.362. The van der Waals surface area contributed by atoms with Crippen LogP contribution in [-0.4, -0.2) is 31.0 Å². The lowest BCUT2D eigenvalue weighted by atomic mass is 9.87. The van der Waals surface area contributed by atoms with Gasteiger partial charge in [0.05, 0.1) is 15.3 Å². The molecule has 3 N–H and O–H groups in total. The Balaban J connectivity index is 1.58. The molecule has 0 unspecified atom stereocenters. The number of nitrogens with two attached hydrogens (primary N) is 1. The fourth-order valence-electron chi connectivity index (χ4n) is 2.62. The Kier molecular flexibility index (Phi) is 7.53. The number of nitrogens with zero attached hydrogens (tertiary/aromatic N) is 4. The van der Waals surface area contributed by atoms with E-state index in [2.05, 4.69) is 41.3 Å². The van der Waals surface area contributed by atoms with E-state index in [4.69, 9.17) is 33.8 Å². The highest BCUT2D eigenvalue weighted by atomic mass is 35.5. The monoisotopic (exact) mass is 494 g/mol. The predicted molar refractivity (Wildman–Crippen MR) is 128 cm³/mol. The van der Waals surface area contributed by atoms with Crippen LogP contribution in [0.4, 0.5) is 5.82 Å². The van der Waals surface area contributed by atoms with Crippen molar-refractivity contribution in [2.45, 2.75) is 50.1 Å². The molecule has 2 heterocycles. The van der Waals surface area contributed by atoms with Gasteiger partial charge in [-0.2, -0.15) is 0 Å². The van der Waals surface area contributed by atoms with Gasteiger partial charge >= 0.3 is 0 Å². The van der Waals surface area contributed by atoms with Crippen molar-refractivity contribution < 1.29 is 9.53 Å². The maximum atomic E-state index is 12.5. The molecule has 170 valence electrons. The Hall–Kier alpha value is -2.49. The molecule has 0 aliphatic carbocycles. The molecule has 0 saturated heterocycles. The average molecular weight is 495 g/mol. The number of aromatic nitrogens is 4. The molecule has 0 saturated carbocycles. The van der Waals surface area contributed by atoms with Gasteiger partial charge in [-0.05, 0) is 36.1 Å². The van der Waals surface area contributed by atoms with Crippen molar-refractivity contribution in [1.82, 2.24) is 19.9 Å². The first-order valence-electron chi connectivity index (χ1n) is 9.76. The molecule has 0 radical (unpaired) electrons. The third-order valence-corrected chi connectivity index (χ3v) is 6.08. The number of nitrogens with one attached hydrogen (secondary N) is 1. The van der Waals surface area contributed by atoms with Gasteiger partial charge in [-0.3, -0.25) is 4.79 Å². The lowest BCUT2D eigenvalue weighted by Gasteiger charge is -2.19. The van der Waals surface area contributed by atoms with Gasteiger partial charge in [0.2, 0.25) is 11.1 Å². The zero-order chi connectivity index (χ0) is 23.5. The summed E-state index contributed by atoms with van der Waals surface area (Å²) in [6.07, 6.45) is 1.40. The summed E-state index contributed by atoms with van der Waals surface area (Å²) in [7, 11) is 0. The molecule has 3 aromatic rings. The Morgan fingerprint density at radius 3 is 2.56 bits per heavy atom. The Labute approximate surface area is 200 Å². The van der Waals surface area contributed by atoms with Gasteiger partial charge in [0.15, 0.2) is 11.6 Å². The minimum atomic E-state index is -0.534. The summed E-state index contributed by atoms with van der Waals surface area (Å²) in [6, 6.07) is 9.40. The highest BCUT2D eigenvalue weighted by Gasteiger charge is 2.21. The molecular formula is C21H24Cl2N6O2S. The largest absolute Gasteiger partial charge is 0.486 e. The first-order valence-corrected chi connectivity index (χ1v) is 11.4. The fourth-order valence-corrected chi connectivity index (χ4v) is 3.84. The Morgan fingerprint density at radius 1 is 1.25 bits per heavy atom. The lowest BCUT2D eigenvalue weighted by molar-refractivity contribution is -0.115. The van der Waals surface area contributed by atoms with Crippen molar-refractivity contribution in [2.75, 3.05) is 11.2 Å². The van der Waals surface area contributed by atoms with E-state index in [9.17, 15) is 4.79 Å². The van der Waals surface area contributed by atoms with Crippen LogP contribution >= 0.6 is 35.0 Å². The number of thioether (sulfide) groups is 1. The number of hydrogen-bond acceptors (Lipinski definition) is 7. The SMILES string of the molecule is C[C@H](Sc1nnc(COc2ccc(C(C)(C)C)cc2)n1N)C(=O)Nc1ncc(Cl)cc1Cl. The van der Waals surface area contributed by atoms with Crippen LogP contribution in [0.15, 0.2) is 41.7 Å². The second-order valence-electron chi connectivity index (χ2n) is 8.07. The van der Waals surface area contributed by atoms with Crippen molar-refractivity contribution in [1.29, 1.82) is 0 Å². The number of ether oxygens (including phenoxy) is 1. The number of carbonyl (C=O) groups excluding carboxylic acids is 1. The molecule has 11 heteroatoms. The smallest absolute Gasteiger partial charge is 0.238 e. The first kappa shape index (κ1) is 24.2. The number of rotatable bonds is 7. The van der Waals surface area contributed by atoms with Crippen molar-refractivity contribution >= 4 is 46.7 Å². The second-order valence-corrected chi connectivity index (χ2v) is 10.2. The van der Waals surface area contributed by atoms with Crippen LogP contribution in [0.3, 0.4) is 0 Å². The number of anilines is 1. The van der Waals surface area contributed by atoms with Gasteiger partial charge < -0.3 is 15.9 Å². The molecule has 0 spiro atoms. The van der Waals surface area contributed by atoms with E-state index in [0.717, 1.165) is 11.8 Å². The molecule has 0 aliphatic rings. The number of amides is 1. The van der Waals surface area contributed by atoms with Crippen LogP contribution < -0.4 is 15.9 Å². The molecule has 1 aromatic carbocycles. The summed E-state index contributed by atoms with van der Waals surface area (Å²) in [5.41, 5.74) is 1.29. The molecule has 1 atom stereocenters. The van der Waals surface area contributed by atoms with E-state index in [0.29, 0.717) is 21.8 Å². The first-order chi connectivity index (χ1) is 15.0. The number of hydrogen-bond donors (Lipinski definition) is 2. The number of benzene rings is 1. The van der Waals surface area contributed by atoms with Gasteiger partial charge in [0.1, 0.15) is 12.4 Å². The lowest BCUT2D eigenvalue weighted by Crippen LogP contribution is -2.24. The summed E-state index contributed by atoms with van der Waals surface area (Å²) in [4.78, 5) is 16.5. The maximum absolute atomic E-state index is 12.5. The van der Waals surface area contributed by atoms with E-state index < -0.39 is 5.25 Å². The summed E-state index contributed by atoms with van der Waals surface area (Å²) in [5.74, 6) is 7.16. The van der Waals surface area contributed by atoms with Crippen LogP contribution in [0.2, 0.25) is 10.0 Å². The van der Waals surface area contributed by atoms with Crippen molar-refractivity contribution in [3.63, 3.8) is 0 Å². The zero-order valence-corrected chi connectivity index (χ0v) is 20.4. The van der Waals surface area contributed by atoms with Gasteiger partial charge in [-0.1, -0.05) is 67.9 Å². The Bertz CT molecular complexity index is 1100. The highest BCUT2D eigenvalue weighted by Crippen LogP contribution is 2.27. The normalized spacial score (nSPS) is 12.4. The summed E-state index contributed by atoms with van der Waals surface area (Å²) in [6.45, 7) is 8.32. The number of carbonyl (C=O) groups is 1. The zero-order valence-electron chi connectivity index (χ0n) is 18.1. The van der Waals surface area contributed by atoms with Crippen LogP contribution in [0.25, 0.3) is 0 Å². The summed E-state index contributed by atoms with van der Waals surface area (Å²) < 4.78 is 7.09. The number of pyridine rings is 1. The van der Waals surface area contributed by atoms with Crippen LogP contribution in [0.1, 0.15) is 39.1 Å². The highest BCUT2D eigenvalue weighted by molar-refractivity contribution is 8.00. The third kappa shape index (κ3) is 6.05. The molecule has 32 heavy (non-hydrogen) atoms.